The maximum Gasteiger partial charge on any atom is 0.261 e. The standard InChI is InChI=1S/C16H20FNO2S/c1-2-3-11(6-7-19)10-18-16(20)15-9-12-8-13(17)4-5-14(12)21-15/h4-5,8-9,11,19H,2-3,6-7,10H2,1H3,(H,18,20). The molecular weight excluding hydrogens is 289 g/mol. The fourth-order valence-electron chi connectivity index (χ4n) is 2.39. The zero-order valence-corrected chi connectivity index (χ0v) is 12.9. The first kappa shape index (κ1) is 15.9. The van der Waals surface area contributed by atoms with Crippen LogP contribution < -0.4 is 5.32 Å². The third-order valence-corrected chi connectivity index (χ3v) is 4.60. The van der Waals surface area contributed by atoms with Crippen molar-refractivity contribution in [1.82, 2.24) is 5.32 Å². The second-order valence-corrected chi connectivity index (χ2v) is 6.25. The Morgan fingerprint density at radius 2 is 2.19 bits per heavy atom. The van der Waals surface area contributed by atoms with Crippen molar-refractivity contribution in [3.8, 4) is 0 Å². The van der Waals surface area contributed by atoms with Crippen LogP contribution >= 0.6 is 11.3 Å². The summed E-state index contributed by atoms with van der Waals surface area (Å²) in [7, 11) is 0. The Bertz CT molecular complexity index is 605. The van der Waals surface area contributed by atoms with Crippen LogP contribution in [-0.4, -0.2) is 24.2 Å². The number of carbonyl (C=O) groups excluding carboxylic acids is 1. The maximum atomic E-state index is 13.2. The Morgan fingerprint density at radius 3 is 2.90 bits per heavy atom. The molecule has 21 heavy (non-hydrogen) atoms. The van der Waals surface area contributed by atoms with Crippen LogP contribution in [0.2, 0.25) is 0 Å². The predicted octanol–water partition coefficient (Wildman–Crippen LogP) is 3.57. The highest BCUT2D eigenvalue weighted by molar-refractivity contribution is 7.20. The van der Waals surface area contributed by atoms with Crippen molar-refractivity contribution in [3.05, 3.63) is 35.0 Å². The highest BCUT2D eigenvalue weighted by Crippen LogP contribution is 2.26. The number of carbonyl (C=O) groups is 1. The van der Waals surface area contributed by atoms with Gasteiger partial charge in [-0.15, -0.1) is 11.3 Å². The quantitative estimate of drug-likeness (QED) is 0.821. The lowest BCUT2D eigenvalue weighted by Gasteiger charge is -2.15. The van der Waals surface area contributed by atoms with Gasteiger partial charge in [0, 0.05) is 17.9 Å². The van der Waals surface area contributed by atoms with E-state index in [9.17, 15) is 9.18 Å². The molecule has 0 bridgehead atoms. The van der Waals surface area contributed by atoms with Gasteiger partial charge in [0.2, 0.25) is 0 Å². The molecule has 3 nitrogen and oxygen atoms in total. The Labute approximate surface area is 127 Å². The lowest BCUT2D eigenvalue weighted by Crippen LogP contribution is -2.29. The number of rotatable bonds is 7. The molecule has 0 fully saturated rings. The van der Waals surface area contributed by atoms with E-state index in [1.54, 1.807) is 12.1 Å². The number of aliphatic hydroxyl groups excluding tert-OH is 1. The monoisotopic (exact) mass is 309 g/mol. The van der Waals surface area contributed by atoms with Crippen molar-refractivity contribution in [3.63, 3.8) is 0 Å². The second-order valence-electron chi connectivity index (χ2n) is 5.17. The van der Waals surface area contributed by atoms with Gasteiger partial charge in [0.1, 0.15) is 5.82 Å². The summed E-state index contributed by atoms with van der Waals surface area (Å²) in [5.41, 5.74) is 0. The number of benzene rings is 1. The summed E-state index contributed by atoms with van der Waals surface area (Å²) in [6.07, 6.45) is 2.72. The summed E-state index contributed by atoms with van der Waals surface area (Å²) < 4.78 is 14.1. The molecule has 2 rings (SSSR count). The van der Waals surface area contributed by atoms with Gasteiger partial charge in [-0.3, -0.25) is 4.79 Å². The van der Waals surface area contributed by atoms with E-state index in [1.807, 2.05) is 0 Å². The fraction of sp³-hybridized carbons (Fsp3) is 0.438. The summed E-state index contributed by atoms with van der Waals surface area (Å²) in [6, 6.07) is 6.25. The smallest absolute Gasteiger partial charge is 0.261 e. The average Bonchev–Trinajstić information content (AvgIpc) is 2.88. The van der Waals surface area contributed by atoms with Gasteiger partial charge in [0.15, 0.2) is 0 Å². The number of halogens is 1. The first-order valence-corrected chi connectivity index (χ1v) is 8.03. The van der Waals surface area contributed by atoms with Crippen molar-refractivity contribution in [2.24, 2.45) is 5.92 Å². The number of aliphatic hydroxyl groups is 1. The van der Waals surface area contributed by atoms with Crippen LogP contribution in [0.5, 0.6) is 0 Å². The average molecular weight is 309 g/mol. The third-order valence-electron chi connectivity index (χ3n) is 3.49. The molecular formula is C16H20FNO2S. The molecule has 1 unspecified atom stereocenters. The molecule has 2 aromatic rings. The van der Waals surface area contributed by atoms with E-state index in [-0.39, 0.29) is 18.3 Å². The molecule has 0 spiro atoms. The molecule has 1 atom stereocenters. The number of amides is 1. The van der Waals surface area contributed by atoms with E-state index < -0.39 is 0 Å². The summed E-state index contributed by atoms with van der Waals surface area (Å²) in [4.78, 5) is 12.7. The number of fused-ring (bicyclic) bond motifs is 1. The summed E-state index contributed by atoms with van der Waals surface area (Å²) >= 11 is 1.36. The number of hydrogen-bond acceptors (Lipinski definition) is 3. The molecule has 5 heteroatoms. The first-order chi connectivity index (χ1) is 10.1. The molecule has 1 aromatic heterocycles. The summed E-state index contributed by atoms with van der Waals surface area (Å²) in [6.45, 7) is 2.80. The van der Waals surface area contributed by atoms with Crippen molar-refractivity contribution in [2.45, 2.75) is 26.2 Å². The van der Waals surface area contributed by atoms with Gasteiger partial charge in [-0.1, -0.05) is 13.3 Å². The largest absolute Gasteiger partial charge is 0.396 e. The highest BCUT2D eigenvalue weighted by Gasteiger charge is 2.13. The van der Waals surface area contributed by atoms with E-state index in [0.717, 1.165) is 22.9 Å². The summed E-state index contributed by atoms with van der Waals surface area (Å²) in [5, 5.41) is 12.7. The van der Waals surface area contributed by atoms with Crippen molar-refractivity contribution >= 4 is 27.3 Å². The topological polar surface area (TPSA) is 49.3 Å². The SMILES string of the molecule is CCCC(CCO)CNC(=O)c1cc2cc(F)ccc2s1. The van der Waals surface area contributed by atoms with Crippen LogP contribution in [0, 0.1) is 11.7 Å². The van der Waals surface area contributed by atoms with Gasteiger partial charge in [-0.2, -0.15) is 0 Å². The van der Waals surface area contributed by atoms with Crippen LogP contribution in [0.15, 0.2) is 24.3 Å². The van der Waals surface area contributed by atoms with Gasteiger partial charge < -0.3 is 10.4 Å². The number of hydrogen-bond donors (Lipinski definition) is 2. The normalized spacial score (nSPS) is 12.5. The lowest BCUT2D eigenvalue weighted by molar-refractivity contribution is 0.0947. The summed E-state index contributed by atoms with van der Waals surface area (Å²) in [5.74, 6) is -0.121. The number of thiophene rings is 1. The van der Waals surface area contributed by atoms with E-state index in [4.69, 9.17) is 5.11 Å². The Hall–Kier alpha value is -1.46. The van der Waals surface area contributed by atoms with Crippen LogP contribution in [0.25, 0.3) is 10.1 Å². The lowest BCUT2D eigenvalue weighted by atomic mass is 10.0. The molecule has 1 aromatic carbocycles. The molecule has 0 radical (unpaired) electrons. The molecule has 0 aliphatic carbocycles. The van der Waals surface area contributed by atoms with Crippen LogP contribution in [0.4, 0.5) is 4.39 Å². The molecule has 0 aliphatic rings. The van der Waals surface area contributed by atoms with Crippen LogP contribution in [0.3, 0.4) is 0 Å². The van der Waals surface area contributed by atoms with Crippen molar-refractivity contribution in [1.29, 1.82) is 0 Å². The molecule has 0 saturated carbocycles. The van der Waals surface area contributed by atoms with E-state index in [2.05, 4.69) is 12.2 Å². The van der Waals surface area contributed by atoms with Crippen molar-refractivity contribution < 1.29 is 14.3 Å². The van der Waals surface area contributed by atoms with E-state index >= 15 is 0 Å². The fourth-order valence-corrected chi connectivity index (χ4v) is 3.35. The minimum absolute atomic E-state index is 0.129. The van der Waals surface area contributed by atoms with Crippen molar-refractivity contribution in [2.75, 3.05) is 13.2 Å². The zero-order valence-electron chi connectivity index (χ0n) is 12.1. The third kappa shape index (κ3) is 4.25. The Balaban J connectivity index is 2.01. The maximum absolute atomic E-state index is 13.2. The van der Waals surface area contributed by atoms with Crippen LogP contribution in [0.1, 0.15) is 35.9 Å². The van der Waals surface area contributed by atoms with Gasteiger partial charge >= 0.3 is 0 Å². The van der Waals surface area contributed by atoms with Crippen LogP contribution in [-0.2, 0) is 0 Å². The van der Waals surface area contributed by atoms with E-state index in [1.165, 1.54) is 23.5 Å². The highest BCUT2D eigenvalue weighted by atomic mass is 32.1. The molecule has 114 valence electrons. The second kappa shape index (κ2) is 7.52. The zero-order chi connectivity index (χ0) is 15.2. The van der Waals surface area contributed by atoms with Gasteiger partial charge in [-0.25, -0.2) is 4.39 Å². The number of nitrogens with one attached hydrogen (secondary N) is 1. The van der Waals surface area contributed by atoms with Gasteiger partial charge in [-0.05, 0) is 48.4 Å². The molecule has 2 N–H and O–H groups in total. The molecule has 1 heterocycles. The molecule has 1 amide bonds. The molecule has 0 aliphatic heterocycles. The predicted molar refractivity (Wildman–Crippen MR) is 84.2 cm³/mol. The first-order valence-electron chi connectivity index (χ1n) is 7.22. The minimum atomic E-state index is -0.293. The van der Waals surface area contributed by atoms with Gasteiger partial charge in [0.05, 0.1) is 4.88 Å². The molecule has 0 saturated heterocycles. The Kier molecular flexibility index (Phi) is 5.70. The Morgan fingerprint density at radius 1 is 1.38 bits per heavy atom. The van der Waals surface area contributed by atoms with Gasteiger partial charge in [0.25, 0.3) is 5.91 Å². The minimum Gasteiger partial charge on any atom is -0.396 e. The van der Waals surface area contributed by atoms with E-state index in [0.29, 0.717) is 23.8 Å².